The average Bonchev–Trinajstić information content (AvgIpc) is 2.94. The molecule has 0 aliphatic carbocycles. The van der Waals surface area contributed by atoms with Gasteiger partial charge in [0.15, 0.2) is 0 Å². The highest BCUT2D eigenvalue weighted by molar-refractivity contribution is 8.18. The highest BCUT2D eigenvalue weighted by Gasteiger charge is 2.34. The number of imide groups is 1. The molecule has 27 heavy (non-hydrogen) atoms. The van der Waals surface area contributed by atoms with Crippen molar-refractivity contribution in [3.8, 4) is 5.75 Å². The van der Waals surface area contributed by atoms with Gasteiger partial charge in [0.2, 0.25) is 0 Å². The maximum atomic E-state index is 12.6. The fourth-order valence-electron chi connectivity index (χ4n) is 2.43. The van der Waals surface area contributed by atoms with Crippen LogP contribution < -0.4 is 10.1 Å². The Labute approximate surface area is 171 Å². The third-order valence-corrected chi connectivity index (χ3v) is 5.83. The first kappa shape index (κ1) is 19.7. The third kappa shape index (κ3) is 4.61. The van der Waals surface area contributed by atoms with Gasteiger partial charge < -0.3 is 10.1 Å². The van der Waals surface area contributed by atoms with Crippen LogP contribution in [0.1, 0.15) is 5.56 Å². The smallest absolute Gasteiger partial charge is 0.295 e. The third-order valence-electron chi connectivity index (χ3n) is 3.88. The highest BCUT2D eigenvalue weighted by Crippen LogP contribution is 2.33. The molecule has 0 unspecified atom stereocenters. The summed E-state index contributed by atoms with van der Waals surface area (Å²) in [7, 11) is 1.54. The molecule has 0 bridgehead atoms. The Hall–Kier alpha value is -2.09. The van der Waals surface area contributed by atoms with Crippen LogP contribution in [0.4, 0.5) is 10.5 Å². The van der Waals surface area contributed by atoms with Gasteiger partial charge in [-0.3, -0.25) is 14.5 Å². The van der Waals surface area contributed by atoms with Gasteiger partial charge in [-0.15, -0.1) is 11.8 Å². The summed E-state index contributed by atoms with van der Waals surface area (Å²) in [6, 6.07) is 13.0. The van der Waals surface area contributed by atoms with Crippen molar-refractivity contribution >= 4 is 58.0 Å². The van der Waals surface area contributed by atoms with Crippen LogP contribution in [0.25, 0.3) is 6.08 Å². The summed E-state index contributed by atoms with van der Waals surface area (Å²) < 4.78 is 5.11. The lowest BCUT2D eigenvalue weighted by Gasteiger charge is -2.15. The summed E-state index contributed by atoms with van der Waals surface area (Å²) >= 11 is 8.68. The summed E-state index contributed by atoms with van der Waals surface area (Å²) in [4.78, 5) is 27.5. The number of nitrogens with one attached hydrogen (secondary N) is 1. The predicted octanol–water partition coefficient (Wildman–Crippen LogP) is 5.18. The number of halogens is 1. The van der Waals surface area contributed by atoms with Crippen LogP contribution in [0.15, 0.2) is 52.3 Å². The molecule has 2 aromatic carbocycles. The molecular weight excluding hydrogens is 404 g/mol. The number of amides is 2. The zero-order valence-corrected chi connectivity index (χ0v) is 17.1. The first-order valence-electron chi connectivity index (χ1n) is 7.98. The number of ether oxygens (including phenoxy) is 1. The molecule has 140 valence electrons. The number of hydrogen-bond acceptors (Lipinski definition) is 6. The molecule has 1 aliphatic heterocycles. The van der Waals surface area contributed by atoms with E-state index in [0.29, 0.717) is 21.4 Å². The first-order chi connectivity index (χ1) is 13.0. The molecule has 1 heterocycles. The fraction of sp³-hybridized carbons (Fsp3) is 0.158. The van der Waals surface area contributed by atoms with E-state index in [0.717, 1.165) is 22.2 Å². The summed E-state index contributed by atoms with van der Waals surface area (Å²) in [6.07, 6.45) is 3.74. The fourth-order valence-corrected chi connectivity index (χ4v) is 3.94. The van der Waals surface area contributed by atoms with E-state index in [-0.39, 0.29) is 17.8 Å². The van der Waals surface area contributed by atoms with Gasteiger partial charge in [0.25, 0.3) is 11.1 Å². The molecule has 2 aromatic rings. The van der Waals surface area contributed by atoms with Crippen molar-refractivity contribution in [2.24, 2.45) is 0 Å². The molecule has 0 spiro atoms. The van der Waals surface area contributed by atoms with Gasteiger partial charge in [0.05, 0.1) is 23.7 Å². The minimum absolute atomic E-state index is 0.0656. The zero-order chi connectivity index (χ0) is 19.4. The van der Waals surface area contributed by atoms with E-state index in [9.17, 15) is 9.59 Å². The Morgan fingerprint density at radius 2 is 1.96 bits per heavy atom. The van der Waals surface area contributed by atoms with Crippen LogP contribution in [-0.4, -0.2) is 36.1 Å². The summed E-state index contributed by atoms with van der Waals surface area (Å²) in [6.45, 7) is 0.0656. The molecule has 1 fully saturated rings. The van der Waals surface area contributed by atoms with Gasteiger partial charge in [-0.1, -0.05) is 23.7 Å². The SMILES string of the molecule is COc1ccc(NCN2C(=O)SC(=Cc3ccc(SC)cc3)C2=O)cc1Cl. The van der Waals surface area contributed by atoms with Crippen LogP contribution >= 0.6 is 35.1 Å². The summed E-state index contributed by atoms with van der Waals surface area (Å²) in [5.41, 5.74) is 1.57. The predicted molar refractivity (Wildman–Crippen MR) is 113 cm³/mol. The molecule has 3 rings (SSSR count). The van der Waals surface area contributed by atoms with Crippen molar-refractivity contribution in [3.63, 3.8) is 0 Å². The molecule has 1 saturated heterocycles. The van der Waals surface area contributed by atoms with Crippen LogP contribution in [0.5, 0.6) is 5.75 Å². The zero-order valence-electron chi connectivity index (χ0n) is 14.7. The second-order valence-corrected chi connectivity index (χ2v) is 7.85. The lowest BCUT2D eigenvalue weighted by molar-refractivity contribution is -0.122. The number of rotatable bonds is 6. The molecule has 0 atom stereocenters. The molecule has 8 heteroatoms. The molecule has 5 nitrogen and oxygen atoms in total. The largest absolute Gasteiger partial charge is 0.495 e. The van der Waals surface area contributed by atoms with Crippen LogP contribution in [0.2, 0.25) is 5.02 Å². The van der Waals surface area contributed by atoms with Crippen molar-refractivity contribution in [2.75, 3.05) is 25.4 Å². The lowest BCUT2D eigenvalue weighted by Crippen LogP contribution is -2.33. The highest BCUT2D eigenvalue weighted by atomic mass is 35.5. The van der Waals surface area contributed by atoms with E-state index in [1.54, 1.807) is 36.0 Å². The average molecular weight is 421 g/mol. The Bertz CT molecular complexity index is 900. The van der Waals surface area contributed by atoms with Crippen LogP contribution in [0, 0.1) is 0 Å². The van der Waals surface area contributed by atoms with Gasteiger partial charge in [0, 0.05) is 10.6 Å². The van der Waals surface area contributed by atoms with E-state index in [2.05, 4.69) is 5.32 Å². The van der Waals surface area contributed by atoms with E-state index in [1.807, 2.05) is 30.5 Å². The van der Waals surface area contributed by atoms with Gasteiger partial charge in [-0.2, -0.15) is 0 Å². The van der Waals surface area contributed by atoms with Crippen molar-refractivity contribution in [3.05, 3.63) is 58.0 Å². The van der Waals surface area contributed by atoms with Crippen molar-refractivity contribution < 1.29 is 14.3 Å². The minimum atomic E-state index is -0.314. The maximum Gasteiger partial charge on any atom is 0.295 e. The van der Waals surface area contributed by atoms with Crippen molar-refractivity contribution in [1.82, 2.24) is 4.90 Å². The van der Waals surface area contributed by atoms with E-state index < -0.39 is 0 Å². The molecular formula is C19H17ClN2O3S2. The number of carbonyl (C=O) groups is 2. The van der Waals surface area contributed by atoms with Gasteiger partial charge in [-0.25, -0.2) is 0 Å². The molecule has 1 aliphatic rings. The molecule has 1 N–H and O–H groups in total. The molecule has 0 saturated carbocycles. The number of benzene rings is 2. The number of hydrogen-bond donors (Lipinski definition) is 1. The Balaban J connectivity index is 1.68. The molecule has 0 radical (unpaired) electrons. The monoisotopic (exact) mass is 420 g/mol. The summed E-state index contributed by atoms with van der Waals surface area (Å²) in [5.74, 6) is 0.245. The van der Waals surface area contributed by atoms with Gasteiger partial charge in [-0.05, 0) is 60.0 Å². The topological polar surface area (TPSA) is 58.6 Å². The number of nitrogens with zero attached hydrogens (tertiary/aromatic N) is 1. The number of carbonyl (C=O) groups excluding carboxylic acids is 2. The lowest BCUT2D eigenvalue weighted by atomic mass is 10.2. The number of methoxy groups -OCH3 is 1. The van der Waals surface area contributed by atoms with Gasteiger partial charge >= 0.3 is 0 Å². The minimum Gasteiger partial charge on any atom is -0.495 e. The normalized spacial score (nSPS) is 15.5. The Kier molecular flexibility index (Phi) is 6.36. The molecule has 0 aromatic heterocycles. The van der Waals surface area contributed by atoms with E-state index >= 15 is 0 Å². The number of thioether (sulfide) groups is 2. The van der Waals surface area contributed by atoms with Crippen LogP contribution in [-0.2, 0) is 4.79 Å². The van der Waals surface area contributed by atoms with E-state index in [4.69, 9.17) is 16.3 Å². The van der Waals surface area contributed by atoms with Crippen LogP contribution in [0.3, 0.4) is 0 Å². The second kappa shape index (κ2) is 8.73. The second-order valence-electron chi connectivity index (χ2n) is 5.57. The number of anilines is 1. The standard InChI is InChI=1S/C19H17ClN2O3S2/c1-25-16-8-5-13(10-15(16)20)21-11-22-18(23)17(27-19(22)24)9-12-3-6-14(26-2)7-4-12/h3-10,21H,11H2,1-2H3. The quantitative estimate of drug-likeness (QED) is 0.513. The molecule has 2 amide bonds. The van der Waals surface area contributed by atoms with E-state index in [1.165, 1.54) is 12.0 Å². The Morgan fingerprint density at radius 1 is 1.22 bits per heavy atom. The first-order valence-corrected chi connectivity index (χ1v) is 10.4. The van der Waals surface area contributed by atoms with Crippen molar-refractivity contribution in [1.29, 1.82) is 0 Å². The maximum absolute atomic E-state index is 12.6. The van der Waals surface area contributed by atoms with Crippen molar-refractivity contribution in [2.45, 2.75) is 4.90 Å². The Morgan fingerprint density at radius 3 is 2.59 bits per heavy atom. The summed E-state index contributed by atoms with van der Waals surface area (Å²) in [5, 5.41) is 3.18. The van der Waals surface area contributed by atoms with Gasteiger partial charge in [0.1, 0.15) is 5.75 Å².